The van der Waals surface area contributed by atoms with Crippen LogP contribution in [0, 0.1) is 40.1 Å². The van der Waals surface area contributed by atoms with Gasteiger partial charge in [0.1, 0.15) is 0 Å². The predicted molar refractivity (Wildman–Crippen MR) is 84.2 cm³/mol. The van der Waals surface area contributed by atoms with E-state index >= 15 is 0 Å². The predicted octanol–water partition coefficient (Wildman–Crippen LogP) is 4.92. The topological polar surface area (TPSA) is 97.5 Å². The van der Waals surface area contributed by atoms with E-state index in [1.807, 2.05) is 0 Å². The summed E-state index contributed by atoms with van der Waals surface area (Å²) in [4.78, 5) is 11.8. The third-order valence-electron chi connectivity index (χ3n) is 3.72. The first-order valence-corrected chi connectivity index (χ1v) is 6.43. The van der Waals surface area contributed by atoms with Crippen LogP contribution < -0.4 is 0 Å². The molecule has 0 aliphatic rings. The molecule has 0 fully saturated rings. The van der Waals surface area contributed by atoms with Crippen LogP contribution in [0.3, 0.4) is 0 Å². The van der Waals surface area contributed by atoms with Gasteiger partial charge in [-0.05, 0) is 10.4 Å². The summed E-state index contributed by atoms with van der Waals surface area (Å²) in [6, 6.07) is 6.51. The number of rotatable bonds is 1. The Bertz CT molecular complexity index is 542. The number of carboxylic acids is 1. The Balaban J connectivity index is 0. The molecule has 2 rings (SSSR count). The summed E-state index contributed by atoms with van der Waals surface area (Å²) in [7, 11) is 0. The van der Waals surface area contributed by atoms with Crippen LogP contribution in [0.25, 0.3) is 10.4 Å². The van der Waals surface area contributed by atoms with E-state index in [4.69, 9.17) is 16.2 Å². The minimum Gasteiger partial charge on any atom is -0.681 e. The summed E-state index contributed by atoms with van der Waals surface area (Å²) >= 11 is 0. The van der Waals surface area contributed by atoms with Gasteiger partial charge < -0.3 is 39.7 Å². The summed E-state index contributed by atoms with van der Waals surface area (Å²) in [5.41, 5.74) is 19.9. The molecular formula is C16H21FeN3O2-6. The van der Waals surface area contributed by atoms with E-state index < -0.39 is 5.97 Å². The van der Waals surface area contributed by atoms with E-state index in [1.165, 1.54) is 27.8 Å². The van der Waals surface area contributed by atoms with Crippen molar-refractivity contribution >= 4 is 5.97 Å². The fourth-order valence-electron chi connectivity index (χ4n) is 1.92. The van der Waals surface area contributed by atoms with Gasteiger partial charge in [0.2, 0.25) is 0 Å². The first-order chi connectivity index (χ1) is 9.77. The Morgan fingerprint density at radius 3 is 1.59 bits per heavy atom. The van der Waals surface area contributed by atoms with Crippen molar-refractivity contribution in [2.45, 2.75) is 34.6 Å². The van der Waals surface area contributed by atoms with Gasteiger partial charge in [-0.3, -0.25) is 0 Å². The van der Waals surface area contributed by atoms with Gasteiger partial charge in [-0.1, -0.05) is 34.6 Å². The molecule has 0 atom stereocenters. The van der Waals surface area contributed by atoms with Crippen LogP contribution in [0.4, 0.5) is 0 Å². The Kier molecular flexibility index (Phi) is 10.8. The Morgan fingerprint density at radius 2 is 1.45 bits per heavy atom. The van der Waals surface area contributed by atoms with Crippen LogP contribution in [0.15, 0.2) is 24.3 Å². The zero-order valence-electron chi connectivity index (χ0n) is 13.4. The van der Waals surface area contributed by atoms with Crippen LogP contribution in [0.2, 0.25) is 0 Å². The normalized spacial score (nSPS) is 8.41. The molecule has 0 aliphatic heterocycles. The van der Waals surface area contributed by atoms with Gasteiger partial charge >= 0.3 is 0 Å². The number of hydrogen-bond acceptors (Lipinski definition) is 2. The maximum Gasteiger partial charge on any atom is 0 e. The molecule has 0 radical (unpaired) electrons. The maximum atomic E-state index is 10.1. The molecule has 0 heterocycles. The second kappa shape index (κ2) is 10.7. The Labute approximate surface area is 141 Å². The number of aromatic carboxylic acids is 1. The third-order valence-corrected chi connectivity index (χ3v) is 3.72. The van der Waals surface area contributed by atoms with E-state index in [0.717, 1.165) is 0 Å². The molecule has 0 spiro atoms. The Hall–Kier alpha value is -2.00. The van der Waals surface area contributed by atoms with E-state index in [1.54, 1.807) is 29.2 Å². The molecule has 2 N–H and O–H groups in total. The first-order valence-electron chi connectivity index (χ1n) is 6.43. The summed E-state index contributed by atoms with van der Waals surface area (Å²) < 4.78 is 0. The van der Waals surface area contributed by atoms with Crippen molar-refractivity contribution in [1.82, 2.24) is 0 Å². The number of carbonyl (C=O) groups is 1. The number of hydrogen-bond donors (Lipinski definition) is 2. The van der Waals surface area contributed by atoms with Gasteiger partial charge in [-0.25, -0.2) is 0 Å². The second-order valence-corrected chi connectivity index (χ2v) is 4.70. The van der Waals surface area contributed by atoms with Crippen LogP contribution in [0.1, 0.15) is 38.2 Å². The number of carboxylic acid groups (broad SMARTS) is 1. The minimum atomic E-state index is -0.866. The van der Waals surface area contributed by atoms with Crippen molar-refractivity contribution in [3.63, 3.8) is 0 Å². The summed E-state index contributed by atoms with van der Waals surface area (Å²) in [5.74, 6) is -0.866. The molecule has 0 saturated carbocycles. The van der Waals surface area contributed by atoms with Crippen LogP contribution >= 0.6 is 0 Å². The molecule has 2 aromatic carbocycles. The van der Waals surface area contributed by atoms with Gasteiger partial charge in [-0.2, -0.15) is 27.8 Å². The van der Waals surface area contributed by atoms with Crippen molar-refractivity contribution in [3.8, 4) is 0 Å². The molecule has 22 heavy (non-hydrogen) atoms. The van der Waals surface area contributed by atoms with E-state index in [0.29, 0.717) is 5.56 Å². The zero-order chi connectivity index (χ0) is 16.6. The van der Waals surface area contributed by atoms with Crippen molar-refractivity contribution in [2.24, 2.45) is 0 Å². The van der Waals surface area contributed by atoms with Gasteiger partial charge in [0, 0.05) is 17.1 Å². The van der Waals surface area contributed by atoms with Gasteiger partial charge in [0.05, 0.1) is 0 Å². The van der Waals surface area contributed by atoms with E-state index in [2.05, 4.69) is 34.6 Å². The summed E-state index contributed by atoms with van der Waals surface area (Å²) in [6.07, 6.45) is 0. The van der Waals surface area contributed by atoms with Gasteiger partial charge in [0.15, 0.2) is 0 Å². The largest absolute Gasteiger partial charge is 0.681 e. The molecule has 0 aromatic heterocycles. The number of nitrogens with zero attached hydrogens (tertiary/aromatic N) is 2. The Morgan fingerprint density at radius 1 is 1.14 bits per heavy atom. The van der Waals surface area contributed by atoms with Crippen molar-refractivity contribution in [2.75, 3.05) is 0 Å². The maximum absolute atomic E-state index is 10.1. The van der Waals surface area contributed by atoms with Crippen LogP contribution in [-0.4, -0.2) is 11.1 Å². The number of nitrogens with one attached hydrogen (secondary N) is 1. The van der Waals surface area contributed by atoms with Crippen LogP contribution in [0.5, 0.6) is 0 Å². The molecule has 0 unspecified atom stereocenters. The molecule has 0 saturated heterocycles. The molecule has 0 aliphatic carbocycles. The van der Waals surface area contributed by atoms with Crippen LogP contribution in [-0.2, 0) is 17.1 Å². The zero-order valence-corrected chi connectivity index (χ0v) is 14.5. The van der Waals surface area contributed by atoms with Gasteiger partial charge in [0.25, 0.3) is 0 Å². The molecule has 5 nitrogen and oxygen atoms in total. The average molecular weight is 343 g/mol. The third kappa shape index (κ3) is 6.19. The summed E-state index contributed by atoms with van der Waals surface area (Å²) in [5, 5.41) is 8.27. The standard InChI is InChI=1S/C10H15.C6H5O2.Fe.HN3/c1-6-7(2)9(4)10(5)8(6)3;7-6(8)5-3-1-2-4-5;;1-3-2/h1-5H3;1-4H,(H,7,8);;1H/q-1;-5;;. The fourth-order valence-corrected chi connectivity index (χ4v) is 1.92. The monoisotopic (exact) mass is 343 g/mol. The molecule has 2 aromatic rings. The quantitative estimate of drug-likeness (QED) is 0.252. The SMILES string of the molecule is Cc1c(C)c(C)[c-](C)c1C.O=C(O)[c-]1[cH-][cH-][cH-][cH-]1.[Fe].[N-]=[N+]=N. The van der Waals surface area contributed by atoms with E-state index in [-0.39, 0.29) is 17.1 Å². The molecule has 6 heteroatoms. The molecular weight excluding hydrogens is 322 g/mol. The fraction of sp³-hybridized carbons (Fsp3) is 0.312. The molecule has 0 amide bonds. The average Bonchev–Trinajstić information content (AvgIpc) is 3.03. The second-order valence-electron chi connectivity index (χ2n) is 4.70. The first kappa shape index (κ1) is 22.3. The minimum absolute atomic E-state index is 0. The molecule has 0 bridgehead atoms. The van der Waals surface area contributed by atoms with Crippen molar-refractivity contribution in [1.29, 1.82) is 5.53 Å². The molecule has 126 valence electrons. The van der Waals surface area contributed by atoms with Gasteiger partial charge in [-0.15, -0.1) is 11.5 Å². The smallest absolute Gasteiger partial charge is 0 e. The van der Waals surface area contributed by atoms with E-state index in [9.17, 15) is 4.79 Å². The van der Waals surface area contributed by atoms with Crippen molar-refractivity contribution in [3.05, 3.63) is 68.1 Å². The van der Waals surface area contributed by atoms with Crippen molar-refractivity contribution < 1.29 is 27.0 Å². The summed E-state index contributed by atoms with van der Waals surface area (Å²) in [6.45, 7) is 11.0.